The van der Waals surface area contributed by atoms with Crippen LogP contribution in [0.25, 0.3) is 0 Å². The zero-order chi connectivity index (χ0) is 20.1. The van der Waals surface area contributed by atoms with Crippen LogP contribution < -0.4 is 0 Å². The molecule has 0 fully saturated rings. The van der Waals surface area contributed by atoms with Gasteiger partial charge in [-0.05, 0) is 79.1 Å². The highest BCUT2D eigenvalue weighted by Crippen LogP contribution is 2.27. The average molecular weight is 369 g/mol. The molecule has 0 aromatic heterocycles. The fourth-order valence-corrected chi connectivity index (χ4v) is 3.22. The van der Waals surface area contributed by atoms with Crippen molar-refractivity contribution in [3.8, 4) is 0 Å². The lowest BCUT2D eigenvalue weighted by Crippen LogP contribution is -2.20. The van der Waals surface area contributed by atoms with Gasteiger partial charge in [0.25, 0.3) is 0 Å². The lowest BCUT2D eigenvalue weighted by molar-refractivity contribution is -0.116. The molecule has 0 saturated carbocycles. The van der Waals surface area contributed by atoms with Crippen LogP contribution in [0.4, 0.5) is 0 Å². The van der Waals surface area contributed by atoms with Crippen molar-refractivity contribution in [2.75, 3.05) is 0 Å². The predicted molar refractivity (Wildman–Crippen MR) is 116 cm³/mol. The molecule has 1 aliphatic carbocycles. The molecule has 0 atom stereocenters. The Morgan fingerprint density at radius 3 is 1.70 bits per heavy atom. The first-order chi connectivity index (χ1) is 13.0. The molecule has 0 aromatic carbocycles. The third-order valence-electron chi connectivity index (χ3n) is 5.18. The number of ketones is 2. The van der Waals surface area contributed by atoms with E-state index in [2.05, 4.69) is 43.4 Å². The van der Waals surface area contributed by atoms with Gasteiger partial charge < -0.3 is 0 Å². The monoisotopic (exact) mass is 368 g/mol. The molecule has 0 aromatic rings. The second kappa shape index (κ2) is 13.2. The first kappa shape index (κ1) is 23.1. The molecule has 1 aliphatic rings. The highest BCUT2D eigenvalue weighted by Gasteiger charge is 2.26. The summed E-state index contributed by atoms with van der Waals surface area (Å²) in [4.78, 5) is 24.5. The molecular formula is C25H36O2. The van der Waals surface area contributed by atoms with Crippen LogP contribution in [0.5, 0.6) is 0 Å². The third kappa shape index (κ3) is 8.07. The average Bonchev–Trinajstić information content (AvgIpc) is 2.67. The maximum absolute atomic E-state index is 12.4. The number of Topliss-reactive ketones (excluding diaryl/α,β-unsaturated/α-hetero) is 2. The van der Waals surface area contributed by atoms with E-state index in [-0.39, 0.29) is 11.6 Å². The number of carbonyl (C=O) groups is 2. The van der Waals surface area contributed by atoms with Crippen molar-refractivity contribution in [3.05, 3.63) is 58.7 Å². The molecule has 148 valence electrons. The van der Waals surface area contributed by atoms with Crippen LogP contribution in [0.15, 0.2) is 58.7 Å². The van der Waals surface area contributed by atoms with E-state index in [4.69, 9.17) is 0 Å². The van der Waals surface area contributed by atoms with Gasteiger partial charge in [0.2, 0.25) is 0 Å². The van der Waals surface area contributed by atoms with Crippen molar-refractivity contribution in [1.82, 2.24) is 0 Å². The van der Waals surface area contributed by atoms with Crippen LogP contribution in [0.1, 0.15) is 85.5 Å². The lowest BCUT2D eigenvalue weighted by Gasteiger charge is -2.18. The molecule has 27 heavy (non-hydrogen) atoms. The first-order valence-electron chi connectivity index (χ1n) is 10.4. The number of unbranched alkanes of at least 4 members (excludes halogenated alkanes) is 5. The summed E-state index contributed by atoms with van der Waals surface area (Å²) in [5.74, 6) is 0.115. The van der Waals surface area contributed by atoms with E-state index in [1.54, 1.807) is 20.8 Å². The van der Waals surface area contributed by atoms with Crippen molar-refractivity contribution in [2.24, 2.45) is 0 Å². The standard InChI is InChI=1S/C25H36O2/c1-5-6-7-8-9-10-11-12-13-14-15-16-17-18-19-23-22(4)24(26)20(2)21(3)25(23)27/h5-6,9-10,13-14H,7-8,11-12,15-19H2,1-4H3. The number of rotatable bonds is 12. The van der Waals surface area contributed by atoms with Gasteiger partial charge in [-0.2, -0.15) is 0 Å². The minimum absolute atomic E-state index is 0.0425. The van der Waals surface area contributed by atoms with Gasteiger partial charge in [0, 0.05) is 22.3 Å². The summed E-state index contributed by atoms with van der Waals surface area (Å²) in [7, 11) is 0. The highest BCUT2D eigenvalue weighted by atomic mass is 16.1. The van der Waals surface area contributed by atoms with Crippen LogP contribution in [0, 0.1) is 0 Å². The van der Waals surface area contributed by atoms with Gasteiger partial charge >= 0.3 is 0 Å². The maximum Gasteiger partial charge on any atom is 0.185 e. The largest absolute Gasteiger partial charge is 0.289 e. The molecule has 1 rings (SSSR count). The van der Waals surface area contributed by atoms with Gasteiger partial charge in [0.1, 0.15) is 0 Å². The number of carbonyl (C=O) groups excluding carboxylic acids is 2. The topological polar surface area (TPSA) is 34.1 Å². The van der Waals surface area contributed by atoms with Crippen LogP contribution in [0.3, 0.4) is 0 Å². The molecule has 0 radical (unpaired) electrons. The van der Waals surface area contributed by atoms with Crippen molar-refractivity contribution in [2.45, 2.75) is 85.5 Å². The zero-order valence-corrected chi connectivity index (χ0v) is 17.6. The molecule has 0 unspecified atom stereocenters. The summed E-state index contributed by atoms with van der Waals surface area (Å²) in [6.07, 6.45) is 22.9. The summed E-state index contributed by atoms with van der Waals surface area (Å²) in [6, 6.07) is 0. The van der Waals surface area contributed by atoms with Crippen molar-refractivity contribution in [3.63, 3.8) is 0 Å². The Labute approximate surface area is 165 Å². The molecule has 0 N–H and O–H groups in total. The van der Waals surface area contributed by atoms with Gasteiger partial charge in [-0.25, -0.2) is 0 Å². The van der Waals surface area contributed by atoms with E-state index in [1.807, 2.05) is 0 Å². The Morgan fingerprint density at radius 1 is 0.593 bits per heavy atom. The Morgan fingerprint density at radius 2 is 1.11 bits per heavy atom. The SMILES string of the molecule is CC=CCCC=CCCC=CCCCCCC1=C(C)C(=O)C(C)=C(C)C1=O. The van der Waals surface area contributed by atoms with E-state index in [9.17, 15) is 9.59 Å². The zero-order valence-electron chi connectivity index (χ0n) is 17.6. The Hall–Kier alpha value is -1.96. The minimum atomic E-state index is 0.0425. The molecule has 2 heteroatoms. The van der Waals surface area contributed by atoms with Gasteiger partial charge in [-0.1, -0.05) is 42.9 Å². The number of hydrogen-bond donors (Lipinski definition) is 0. The molecule has 0 bridgehead atoms. The molecule has 0 heterocycles. The van der Waals surface area contributed by atoms with Crippen LogP contribution >= 0.6 is 0 Å². The molecule has 2 nitrogen and oxygen atoms in total. The molecule has 0 amide bonds. The normalized spacial score (nSPS) is 16.1. The predicted octanol–water partition coefficient (Wildman–Crippen LogP) is 6.99. The Kier molecular flexibility index (Phi) is 11.3. The molecule has 0 spiro atoms. The third-order valence-corrected chi connectivity index (χ3v) is 5.18. The summed E-state index contributed by atoms with van der Waals surface area (Å²) in [5.41, 5.74) is 2.63. The lowest BCUT2D eigenvalue weighted by atomic mass is 9.84. The van der Waals surface area contributed by atoms with Crippen molar-refractivity contribution >= 4 is 11.6 Å². The van der Waals surface area contributed by atoms with Gasteiger partial charge in [0.05, 0.1) is 0 Å². The quantitative estimate of drug-likeness (QED) is 0.211. The summed E-state index contributed by atoms with van der Waals surface area (Å²) in [6.45, 7) is 7.37. The fraction of sp³-hybridized carbons (Fsp3) is 0.520. The first-order valence-corrected chi connectivity index (χ1v) is 10.4. The van der Waals surface area contributed by atoms with Crippen molar-refractivity contribution < 1.29 is 9.59 Å². The Balaban J connectivity index is 2.15. The van der Waals surface area contributed by atoms with Gasteiger partial charge in [-0.15, -0.1) is 0 Å². The maximum atomic E-state index is 12.4. The van der Waals surface area contributed by atoms with E-state index < -0.39 is 0 Å². The molecule has 0 saturated heterocycles. The highest BCUT2D eigenvalue weighted by molar-refractivity contribution is 6.24. The van der Waals surface area contributed by atoms with Gasteiger partial charge in [0.15, 0.2) is 11.6 Å². The van der Waals surface area contributed by atoms with Gasteiger partial charge in [-0.3, -0.25) is 9.59 Å². The number of allylic oxidation sites excluding steroid dienone is 10. The van der Waals surface area contributed by atoms with E-state index in [0.29, 0.717) is 16.7 Å². The molecule has 0 aliphatic heterocycles. The van der Waals surface area contributed by atoms with E-state index >= 15 is 0 Å². The summed E-state index contributed by atoms with van der Waals surface area (Å²) >= 11 is 0. The van der Waals surface area contributed by atoms with E-state index in [1.165, 1.54) is 0 Å². The van der Waals surface area contributed by atoms with Crippen LogP contribution in [0.2, 0.25) is 0 Å². The second-order valence-electron chi connectivity index (χ2n) is 7.28. The van der Waals surface area contributed by atoms with E-state index in [0.717, 1.165) is 63.4 Å². The summed E-state index contributed by atoms with van der Waals surface area (Å²) < 4.78 is 0. The Bertz CT molecular complexity index is 654. The van der Waals surface area contributed by atoms with Crippen LogP contribution in [-0.2, 0) is 9.59 Å². The molecular weight excluding hydrogens is 332 g/mol. The van der Waals surface area contributed by atoms with Crippen LogP contribution in [-0.4, -0.2) is 11.6 Å². The number of hydrogen-bond acceptors (Lipinski definition) is 2. The summed E-state index contributed by atoms with van der Waals surface area (Å²) in [5, 5.41) is 0. The second-order valence-corrected chi connectivity index (χ2v) is 7.28. The fourth-order valence-electron chi connectivity index (χ4n) is 3.22. The minimum Gasteiger partial charge on any atom is -0.289 e. The van der Waals surface area contributed by atoms with Crippen molar-refractivity contribution in [1.29, 1.82) is 0 Å². The smallest absolute Gasteiger partial charge is 0.185 e.